The van der Waals surface area contributed by atoms with Gasteiger partial charge >= 0.3 is 0 Å². The van der Waals surface area contributed by atoms with Crippen LogP contribution in [0.15, 0.2) is 42.5 Å². The van der Waals surface area contributed by atoms with Gasteiger partial charge in [0.15, 0.2) is 0 Å². The number of nitrogens with one attached hydrogen (secondary N) is 1. The smallest absolute Gasteiger partial charge is 0.224 e. The number of amides is 1. The van der Waals surface area contributed by atoms with Crippen molar-refractivity contribution in [2.24, 2.45) is 5.92 Å². The summed E-state index contributed by atoms with van der Waals surface area (Å²) in [7, 11) is 0. The van der Waals surface area contributed by atoms with Gasteiger partial charge in [-0.2, -0.15) is 0 Å². The molecule has 1 fully saturated rings. The van der Waals surface area contributed by atoms with Gasteiger partial charge in [0, 0.05) is 22.2 Å². The van der Waals surface area contributed by atoms with Crippen LogP contribution in [0.3, 0.4) is 0 Å². The summed E-state index contributed by atoms with van der Waals surface area (Å²) in [5, 5.41) is 4.51. The maximum Gasteiger partial charge on any atom is 0.224 e. The van der Waals surface area contributed by atoms with Crippen molar-refractivity contribution >= 4 is 34.8 Å². The fourth-order valence-electron chi connectivity index (χ4n) is 3.65. The molecule has 4 heteroatoms. The molecule has 2 aromatic rings. The highest BCUT2D eigenvalue weighted by Gasteiger charge is 2.25. The lowest BCUT2D eigenvalue weighted by Crippen LogP contribution is -2.20. The van der Waals surface area contributed by atoms with Gasteiger partial charge in [0.2, 0.25) is 5.91 Å². The molecule has 0 atom stereocenters. The molecule has 0 unspecified atom stereocenters. The molecule has 1 amide bonds. The highest BCUT2D eigenvalue weighted by Crippen LogP contribution is 2.39. The summed E-state index contributed by atoms with van der Waals surface area (Å²) < 4.78 is 0. The molecule has 0 aromatic heterocycles. The Labute approximate surface area is 159 Å². The van der Waals surface area contributed by atoms with Crippen molar-refractivity contribution in [3.8, 4) is 0 Å². The molecule has 2 nitrogen and oxygen atoms in total. The molecule has 0 radical (unpaired) electrons. The maximum atomic E-state index is 12.2. The third-order valence-electron chi connectivity index (χ3n) is 5.04. The minimum atomic E-state index is 0.0825. The highest BCUT2D eigenvalue weighted by atomic mass is 35.5. The van der Waals surface area contributed by atoms with E-state index in [0.717, 1.165) is 36.4 Å². The van der Waals surface area contributed by atoms with Crippen molar-refractivity contribution in [2.45, 2.75) is 44.9 Å². The highest BCUT2D eigenvalue weighted by molar-refractivity contribution is 6.31. The first-order valence-corrected chi connectivity index (χ1v) is 9.58. The summed E-state index contributed by atoms with van der Waals surface area (Å²) in [6.45, 7) is 2.06. The summed E-state index contributed by atoms with van der Waals surface area (Å²) in [5.41, 5.74) is 3.26. The van der Waals surface area contributed by atoms with E-state index in [0.29, 0.717) is 23.3 Å². The average Bonchev–Trinajstić information content (AvgIpc) is 2.58. The lowest BCUT2D eigenvalue weighted by molar-refractivity contribution is -0.117. The van der Waals surface area contributed by atoms with Gasteiger partial charge in [0.1, 0.15) is 0 Å². The molecular weight excluding hydrogens is 353 g/mol. The Hall–Kier alpha value is -1.51. The molecule has 0 aliphatic heterocycles. The van der Waals surface area contributed by atoms with E-state index in [2.05, 4.69) is 24.4 Å². The van der Waals surface area contributed by atoms with Gasteiger partial charge in [-0.15, -0.1) is 0 Å². The molecule has 0 bridgehead atoms. The second-order valence-electron chi connectivity index (χ2n) is 7.00. The van der Waals surface area contributed by atoms with Gasteiger partial charge in [0.25, 0.3) is 0 Å². The van der Waals surface area contributed by atoms with Gasteiger partial charge in [0.05, 0.1) is 0 Å². The molecule has 0 saturated heterocycles. The van der Waals surface area contributed by atoms with Crippen LogP contribution in [0.5, 0.6) is 0 Å². The van der Waals surface area contributed by atoms with Crippen LogP contribution in [0.2, 0.25) is 10.0 Å². The monoisotopic (exact) mass is 375 g/mol. The first-order chi connectivity index (χ1) is 12.0. The lowest BCUT2D eigenvalue weighted by Gasteiger charge is -2.29. The number of carbonyl (C=O) groups is 1. The second-order valence-corrected chi connectivity index (χ2v) is 7.85. The minimum absolute atomic E-state index is 0.0825. The molecule has 1 aliphatic carbocycles. The summed E-state index contributed by atoms with van der Waals surface area (Å²) >= 11 is 12.3. The molecule has 2 aromatic carbocycles. The third-order valence-corrected chi connectivity index (χ3v) is 5.62. The quantitative estimate of drug-likeness (QED) is 0.640. The van der Waals surface area contributed by atoms with E-state index in [9.17, 15) is 4.79 Å². The minimum Gasteiger partial charge on any atom is -0.326 e. The van der Waals surface area contributed by atoms with Crippen molar-refractivity contribution in [3.63, 3.8) is 0 Å². The van der Waals surface area contributed by atoms with Gasteiger partial charge in [-0.3, -0.25) is 4.79 Å². The van der Waals surface area contributed by atoms with E-state index in [-0.39, 0.29) is 5.91 Å². The Morgan fingerprint density at radius 3 is 2.36 bits per heavy atom. The second kappa shape index (κ2) is 8.25. The fourth-order valence-corrected chi connectivity index (χ4v) is 4.16. The van der Waals surface area contributed by atoms with Gasteiger partial charge in [-0.25, -0.2) is 0 Å². The zero-order valence-corrected chi connectivity index (χ0v) is 15.9. The van der Waals surface area contributed by atoms with Crippen molar-refractivity contribution in [2.75, 3.05) is 5.32 Å². The normalized spacial score (nSPS) is 20.3. The van der Waals surface area contributed by atoms with Gasteiger partial charge in [-0.05, 0) is 85.9 Å². The van der Waals surface area contributed by atoms with E-state index >= 15 is 0 Å². The first kappa shape index (κ1) is 18.3. The van der Waals surface area contributed by atoms with E-state index in [4.69, 9.17) is 23.2 Å². The summed E-state index contributed by atoms with van der Waals surface area (Å²) in [5.74, 6) is 1.05. The number of hydrogen-bond donors (Lipinski definition) is 1. The summed E-state index contributed by atoms with van der Waals surface area (Å²) in [6.07, 6.45) is 4.92. The number of halogens is 2. The van der Waals surface area contributed by atoms with Crippen molar-refractivity contribution in [1.29, 1.82) is 0 Å². The molecule has 3 rings (SSSR count). The van der Waals surface area contributed by atoms with Crippen LogP contribution in [-0.4, -0.2) is 5.91 Å². The zero-order chi connectivity index (χ0) is 17.8. The number of aryl methyl sites for hydroxylation is 1. The predicted molar refractivity (Wildman–Crippen MR) is 106 cm³/mol. The molecular formula is C21H23Cl2NO. The first-order valence-electron chi connectivity index (χ1n) is 8.82. The predicted octanol–water partition coefficient (Wildman–Crippen LogP) is 6.60. The number of rotatable bonds is 4. The molecule has 25 heavy (non-hydrogen) atoms. The Morgan fingerprint density at radius 2 is 1.72 bits per heavy atom. The third kappa shape index (κ3) is 4.99. The van der Waals surface area contributed by atoms with Crippen LogP contribution < -0.4 is 5.32 Å². The van der Waals surface area contributed by atoms with Crippen LogP contribution >= 0.6 is 23.2 Å². The van der Waals surface area contributed by atoms with Crippen LogP contribution in [0.25, 0.3) is 0 Å². The van der Waals surface area contributed by atoms with E-state index in [1.807, 2.05) is 18.2 Å². The van der Waals surface area contributed by atoms with Gasteiger partial charge in [-0.1, -0.05) is 35.3 Å². The molecule has 132 valence electrons. The lowest BCUT2D eigenvalue weighted by atomic mass is 9.77. The molecule has 1 aliphatic rings. The topological polar surface area (TPSA) is 29.1 Å². The van der Waals surface area contributed by atoms with Crippen molar-refractivity contribution < 1.29 is 4.79 Å². The SMILES string of the molecule is Cc1ccc(C2CCC(CC(=O)Nc3ccc(Cl)cc3)CC2)c(Cl)c1. The molecule has 1 saturated carbocycles. The maximum absolute atomic E-state index is 12.2. The van der Waals surface area contributed by atoms with Crippen LogP contribution in [0, 0.1) is 12.8 Å². The zero-order valence-electron chi connectivity index (χ0n) is 14.4. The Bertz CT molecular complexity index is 734. The van der Waals surface area contributed by atoms with Crippen molar-refractivity contribution in [1.82, 2.24) is 0 Å². The Morgan fingerprint density at radius 1 is 1.04 bits per heavy atom. The number of hydrogen-bond acceptors (Lipinski definition) is 1. The number of carbonyl (C=O) groups excluding carboxylic acids is 1. The standard InChI is InChI=1S/C21H23Cl2NO/c1-14-2-11-19(20(23)12-14)16-5-3-15(4-6-16)13-21(25)24-18-9-7-17(22)8-10-18/h2,7-12,15-16H,3-6,13H2,1H3,(H,24,25). The Kier molecular flexibility index (Phi) is 6.03. The van der Waals surface area contributed by atoms with Gasteiger partial charge < -0.3 is 5.32 Å². The molecule has 0 spiro atoms. The van der Waals surface area contributed by atoms with E-state index in [1.54, 1.807) is 12.1 Å². The van der Waals surface area contributed by atoms with Crippen LogP contribution in [0.1, 0.15) is 49.1 Å². The summed E-state index contributed by atoms with van der Waals surface area (Å²) in [4.78, 5) is 12.2. The van der Waals surface area contributed by atoms with Crippen LogP contribution in [-0.2, 0) is 4.79 Å². The Balaban J connectivity index is 1.50. The van der Waals surface area contributed by atoms with Crippen LogP contribution in [0.4, 0.5) is 5.69 Å². The van der Waals surface area contributed by atoms with Crippen molar-refractivity contribution in [3.05, 3.63) is 63.6 Å². The molecule has 0 heterocycles. The fraction of sp³-hybridized carbons (Fsp3) is 0.381. The number of benzene rings is 2. The van der Waals surface area contributed by atoms with E-state index < -0.39 is 0 Å². The molecule has 1 N–H and O–H groups in total. The largest absolute Gasteiger partial charge is 0.326 e. The summed E-state index contributed by atoms with van der Waals surface area (Å²) in [6, 6.07) is 13.6. The van der Waals surface area contributed by atoms with E-state index in [1.165, 1.54) is 11.1 Å². The number of anilines is 1. The average molecular weight is 376 g/mol.